The van der Waals surface area contributed by atoms with E-state index in [1.165, 1.54) is 36.8 Å². The van der Waals surface area contributed by atoms with Crippen molar-refractivity contribution in [3.8, 4) is 0 Å². The molecule has 0 amide bonds. The zero-order chi connectivity index (χ0) is 20.6. The molecule has 1 aliphatic carbocycles. The van der Waals surface area contributed by atoms with E-state index in [1.54, 1.807) is 11.8 Å². The number of hydrogen-bond donors (Lipinski definition) is 1. The number of thioether (sulfide) groups is 1. The van der Waals surface area contributed by atoms with Gasteiger partial charge >= 0.3 is 0 Å². The lowest BCUT2D eigenvalue weighted by molar-refractivity contribution is 0.457. The average Bonchev–Trinajstić information content (AvgIpc) is 3.38. The molecule has 1 aliphatic rings. The third-order valence-corrected chi connectivity index (χ3v) is 6.35. The van der Waals surface area contributed by atoms with Crippen LogP contribution in [0.15, 0.2) is 34.4 Å². The molecule has 1 fully saturated rings. The molecule has 0 atom stereocenters. The van der Waals surface area contributed by atoms with Gasteiger partial charge in [-0.25, -0.2) is 0 Å². The number of halogens is 1. The van der Waals surface area contributed by atoms with Gasteiger partial charge in [-0.05, 0) is 43.6 Å². The Balaban J connectivity index is 0.00000320. The molecule has 8 heteroatoms. The van der Waals surface area contributed by atoms with Gasteiger partial charge in [-0.1, -0.05) is 48.9 Å². The highest BCUT2D eigenvalue weighted by molar-refractivity contribution is 14.0. The Kier molecular flexibility index (Phi) is 10.4. The fraction of sp³-hybridized carbons (Fsp3) is 0.591. The van der Waals surface area contributed by atoms with Crippen molar-refractivity contribution in [2.45, 2.75) is 63.2 Å². The number of aromatic nitrogens is 3. The van der Waals surface area contributed by atoms with E-state index in [0.717, 1.165) is 42.9 Å². The van der Waals surface area contributed by atoms with Gasteiger partial charge in [0.05, 0.1) is 0 Å². The van der Waals surface area contributed by atoms with Gasteiger partial charge in [-0.15, -0.1) is 34.2 Å². The Morgan fingerprint density at radius 2 is 2.00 bits per heavy atom. The average molecular weight is 543 g/mol. The van der Waals surface area contributed by atoms with Crippen molar-refractivity contribution in [2.24, 2.45) is 4.99 Å². The van der Waals surface area contributed by atoms with Crippen molar-refractivity contribution in [1.82, 2.24) is 25.0 Å². The first-order valence-corrected chi connectivity index (χ1v) is 11.8. The predicted octanol–water partition coefficient (Wildman–Crippen LogP) is 4.68. The summed E-state index contributed by atoms with van der Waals surface area (Å²) in [5.41, 5.74) is 2.64. The summed E-state index contributed by atoms with van der Waals surface area (Å²) in [7, 11) is 3.93. The van der Waals surface area contributed by atoms with E-state index in [4.69, 9.17) is 0 Å². The van der Waals surface area contributed by atoms with Crippen LogP contribution in [0.5, 0.6) is 0 Å². The zero-order valence-corrected chi connectivity index (χ0v) is 21.7. The summed E-state index contributed by atoms with van der Waals surface area (Å²) >= 11 is 1.70. The first-order chi connectivity index (χ1) is 14.1. The lowest BCUT2D eigenvalue weighted by Gasteiger charge is -2.23. The Bertz CT molecular complexity index is 816. The first-order valence-electron chi connectivity index (χ1n) is 10.6. The minimum absolute atomic E-state index is 0. The van der Waals surface area contributed by atoms with E-state index in [9.17, 15) is 0 Å². The number of benzene rings is 1. The van der Waals surface area contributed by atoms with E-state index in [2.05, 4.69) is 74.5 Å². The second-order valence-corrected chi connectivity index (χ2v) is 8.54. The highest BCUT2D eigenvalue weighted by Crippen LogP contribution is 2.33. The van der Waals surface area contributed by atoms with Crippen LogP contribution < -0.4 is 5.32 Å². The minimum Gasteiger partial charge on any atom is -0.356 e. The number of nitrogens with zero attached hydrogens (tertiary/aromatic N) is 5. The van der Waals surface area contributed by atoms with Crippen LogP contribution in [0.3, 0.4) is 0 Å². The molecule has 1 aromatic heterocycles. The first kappa shape index (κ1) is 25.0. The molecule has 1 saturated carbocycles. The van der Waals surface area contributed by atoms with Crippen LogP contribution in [0.2, 0.25) is 0 Å². The van der Waals surface area contributed by atoms with Gasteiger partial charge in [0, 0.05) is 39.6 Å². The summed E-state index contributed by atoms with van der Waals surface area (Å²) in [6.45, 7) is 3.87. The van der Waals surface area contributed by atoms with Gasteiger partial charge in [-0.2, -0.15) is 0 Å². The molecule has 1 aromatic carbocycles. The van der Waals surface area contributed by atoms with Crippen LogP contribution in [0, 0.1) is 6.92 Å². The Hall–Kier alpha value is -1.29. The third kappa shape index (κ3) is 6.35. The fourth-order valence-electron chi connectivity index (χ4n) is 4.10. The molecule has 0 unspecified atom stereocenters. The van der Waals surface area contributed by atoms with Crippen molar-refractivity contribution in [3.63, 3.8) is 0 Å². The molecule has 3 rings (SSSR count). The minimum atomic E-state index is 0. The molecule has 1 N–H and O–H groups in total. The van der Waals surface area contributed by atoms with Gasteiger partial charge in [0.25, 0.3) is 0 Å². The quantitative estimate of drug-likeness (QED) is 0.173. The summed E-state index contributed by atoms with van der Waals surface area (Å²) in [6.07, 6.45) is 9.20. The maximum atomic E-state index is 4.49. The van der Waals surface area contributed by atoms with Crippen LogP contribution in [0.1, 0.15) is 55.1 Å². The van der Waals surface area contributed by atoms with Crippen LogP contribution in [-0.2, 0) is 13.0 Å². The molecule has 1 heterocycles. The molecule has 0 radical (unpaired) electrons. The second kappa shape index (κ2) is 12.5. The van der Waals surface area contributed by atoms with Crippen molar-refractivity contribution in [1.29, 1.82) is 0 Å². The normalized spacial score (nSPS) is 14.6. The standard InChI is InChI=1S/C22H34N6S.HI/c1-17-10-5-6-11-18(17)16-27(3)21(23-2)24-15-9-14-20-25-26-22(29-4)28(20)19-12-7-8-13-19;/h5-6,10-11,19H,7-9,12-16H2,1-4H3,(H,23,24);1H. The summed E-state index contributed by atoms with van der Waals surface area (Å²) in [5, 5.41) is 13.5. The molecule has 0 bridgehead atoms. The van der Waals surface area contributed by atoms with Crippen LogP contribution >= 0.6 is 35.7 Å². The molecular formula is C22H35IN6S. The van der Waals surface area contributed by atoms with Gasteiger partial charge in [0.1, 0.15) is 5.82 Å². The van der Waals surface area contributed by atoms with Gasteiger partial charge < -0.3 is 14.8 Å². The molecule has 0 aliphatic heterocycles. The third-order valence-electron chi connectivity index (χ3n) is 5.71. The topological polar surface area (TPSA) is 58.3 Å². The number of rotatable bonds is 8. The number of nitrogens with one attached hydrogen (secondary N) is 1. The molecule has 0 spiro atoms. The van der Waals surface area contributed by atoms with E-state index >= 15 is 0 Å². The lowest BCUT2D eigenvalue weighted by atomic mass is 10.1. The number of hydrogen-bond acceptors (Lipinski definition) is 4. The number of aryl methyl sites for hydroxylation is 2. The number of aliphatic imine (C=N–C) groups is 1. The summed E-state index contributed by atoms with van der Waals surface area (Å²) < 4.78 is 2.40. The fourth-order valence-corrected chi connectivity index (χ4v) is 4.67. The van der Waals surface area contributed by atoms with Crippen LogP contribution in [0.25, 0.3) is 0 Å². The molecule has 6 nitrogen and oxygen atoms in total. The SMILES string of the molecule is CN=C(NCCCc1nnc(SC)n1C1CCCC1)N(C)Cc1ccccc1C.I. The summed E-state index contributed by atoms with van der Waals surface area (Å²) in [5.74, 6) is 2.06. The van der Waals surface area contributed by atoms with Gasteiger partial charge in [0.2, 0.25) is 0 Å². The Labute approximate surface area is 202 Å². The van der Waals surface area contributed by atoms with E-state index < -0.39 is 0 Å². The molecule has 166 valence electrons. The summed E-state index contributed by atoms with van der Waals surface area (Å²) in [6, 6.07) is 9.10. The number of guanidine groups is 1. The highest BCUT2D eigenvalue weighted by Gasteiger charge is 2.23. The van der Waals surface area contributed by atoms with Gasteiger partial charge in [-0.3, -0.25) is 4.99 Å². The van der Waals surface area contributed by atoms with Crippen molar-refractivity contribution in [2.75, 3.05) is 26.9 Å². The Morgan fingerprint density at radius 1 is 1.27 bits per heavy atom. The zero-order valence-electron chi connectivity index (χ0n) is 18.6. The highest BCUT2D eigenvalue weighted by atomic mass is 127. The maximum Gasteiger partial charge on any atom is 0.193 e. The van der Waals surface area contributed by atoms with Gasteiger partial charge in [0.15, 0.2) is 11.1 Å². The van der Waals surface area contributed by atoms with E-state index in [1.807, 2.05) is 7.05 Å². The van der Waals surface area contributed by atoms with Crippen molar-refractivity contribution >= 4 is 41.7 Å². The van der Waals surface area contributed by atoms with Crippen LogP contribution in [-0.4, -0.2) is 52.5 Å². The maximum absolute atomic E-state index is 4.49. The molecule has 2 aromatic rings. The van der Waals surface area contributed by atoms with Crippen molar-refractivity contribution < 1.29 is 0 Å². The smallest absolute Gasteiger partial charge is 0.193 e. The summed E-state index contributed by atoms with van der Waals surface area (Å²) in [4.78, 5) is 6.63. The lowest BCUT2D eigenvalue weighted by Crippen LogP contribution is -2.39. The van der Waals surface area contributed by atoms with Crippen molar-refractivity contribution in [3.05, 3.63) is 41.2 Å². The monoisotopic (exact) mass is 542 g/mol. The largest absolute Gasteiger partial charge is 0.356 e. The van der Waals surface area contributed by atoms with E-state index in [-0.39, 0.29) is 24.0 Å². The Morgan fingerprint density at radius 3 is 2.67 bits per heavy atom. The van der Waals surface area contributed by atoms with Crippen LogP contribution in [0.4, 0.5) is 0 Å². The molecule has 30 heavy (non-hydrogen) atoms. The van der Waals surface area contributed by atoms with E-state index in [0.29, 0.717) is 6.04 Å². The molecular weight excluding hydrogens is 507 g/mol. The molecule has 0 saturated heterocycles. The second-order valence-electron chi connectivity index (χ2n) is 7.77. The predicted molar refractivity (Wildman–Crippen MR) is 137 cm³/mol.